The molecule has 1 saturated carbocycles. The molecule has 28 heavy (non-hydrogen) atoms. The van der Waals surface area contributed by atoms with Gasteiger partial charge in [0.2, 0.25) is 0 Å². The van der Waals surface area contributed by atoms with Gasteiger partial charge in [-0.3, -0.25) is 0 Å². The first-order valence-corrected chi connectivity index (χ1v) is 10.3. The summed E-state index contributed by atoms with van der Waals surface area (Å²) < 4.78 is 20.9. The summed E-state index contributed by atoms with van der Waals surface area (Å²) in [6.07, 6.45) is 4.89. The molecule has 2 atom stereocenters. The maximum atomic E-state index is 14.5. The van der Waals surface area contributed by atoms with Crippen LogP contribution >= 0.6 is 22.9 Å². The molecule has 148 valence electrons. The molecule has 3 aromatic rings. The van der Waals surface area contributed by atoms with Crippen LogP contribution in [0.2, 0.25) is 5.02 Å². The van der Waals surface area contributed by atoms with Crippen LogP contribution in [0.15, 0.2) is 24.4 Å². The third-order valence-electron chi connectivity index (χ3n) is 4.85. The van der Waals surface area contributed by atoms with E-state index in [1.54, 1.807) is 18.3 Å². The van der Waals surface area contributed by atoms with Crippen LogP contribution in [0.3, 0.4) is 0 Å². The fraction of sp³-hybridized carbons (Fsp3) is 0.368. The summed E-state index contributed by atoms with van der Waals surface area (Å²) in [6.45, 7) is 0.147. The predicted octanol–water partition coefficient (Wildman–Crippen LogP) is 4.36. The Labute approximate surface area is 170 Å². The largest absolute Gasteiger partial charge is 0.489 e. The number of nitrogens with two attached hydrogens (primary N) is 1. The molecule has 0 unspecified atom stereocenters. The number of rotatable bonds is 5. The summed E-state index contributed by atoms with van der Waals surface area (Å²) in [4.78, 5) is 8.25. The molecular weight excluding hydrogens is 403 g/mol. The Kier molecular flexibility index (Phi) is 5.52. The Morgan fingerprint density at radius 1 is 1.36 bits per heavy atom. The molecule has 1 aliphatic carbocycles. The normalized spacial score (nSPS) is 19.7. The maximum Gasteiger partial charge on any atom is 0.184 e. The minimum atomic E-state index is -0.457. The second-order valence-electron chi connectivity index (χ2n) is 6.83. The number of fused-ring (bicyclic) bond motifs is 1. The molecule has 0 spiro atoms. The highest BCUT2D eigenvalue weighted by Gasteiger charge is 2.24. The van der Waals surface area contributed by atoms with Crippen molar-refractivity contribution in [2.45, 2.75) is 44.4 Å². The highest BCUT2D eigenvalue weighted by molar-refractivity contribution is 7.22. The molecule has 0 aliphatic heterocycles. The van der Waals surface area contributed by atoms with Crippen LogP contribution in [0, 0.1) is 5.82 Å². The topological polar surface area (TPSA) is 93.3 Å². The van der Waals surface area contributed by atoms with Gasteiger partial charge in [-0.15, -0.1) is 0 Å². The lowest BCUT2D eigenvalue weighted by molar-refractivity contribution is 0.116. The van der Waals surface area contributed by atoms with E-state index in [-0.39, 0.29) is 24.0 Å². The molecule has 0 saturated heterocycles. The average Bonchev–Trinajstić information content (AvgIpc) is 3.08. The molecule has 6 nitrogen and oxygen atoms in total. The Bertz CT molecular complexity index is 999. The zero-order valence-corrected chi connectivity index (χ0v) is 16.6. The van der Waals surface area contributed by atoms with Crippen molar-refractivity contribution in [2.75, 3.05) is 11.1 Å². The number of thiazole rings is 1. The molecule has 0 amide bonds. The smallest absolute Gasteiger partial charge is 0.184 e. The SMILES string of the molecule is Nc1nccc(COc2cc(F)c3nc(N[C@@H]4CCCC[C@H]4O)sc3c2)c1Cl. The van der Waals surface area contributed by atoms with Crippen LogP contribution in [-0.4, -0.2) is 27.2 Å². The lowest BCUT2D eigenvalue weighted by Crippen LogP contribution is -2.36. The molecule has 4 N–H and O–H groups in total. The number of nitrogens with one attached hydrogen (secondary N) is 1. The Morgan fingerprint density at radius 2 is 2.18 bits per heavy atom. The summed E-state index contributed by atoms with van der Waals surface area (Å²) in [6, 6.07) is 4.71. The number of hydrogen-bond donors (Lipinski definition) is 3. The van der Waals surface area contributed by atoms with Gasteiger partial charge in [-0.05, 0) is 25.0 Å². The Hall–Kier alpha value is -2.16. The van der Waals surface area contributed by atoms with Crippen LogP contribution in [0.5, 0.6) is 5.75 Å². The standard InChI is InChI=1S/C19H20ClFN4O2S/c20-16-10(5-6-23-18(16)22)9-27-11-7-12(21)17-15(8-11)28-19(25-17)24-13-3-1-2-4-14(13)26/h5-8,13-14,26H,1-4,9H2,(H2,22,23)(H,24,25)/t13-,14-/m1/s1. The number of anilines is 2. The number of aromatic nitrogens is 2. The van der Waals surface area contributed by atoms with E-state index >= 15 is 0 Å². The first kappa shape index (κ1) is 19.2. The van der Waals surface area contributed by atoms with Gasteiger partial charge < -0.3 is 20.9 Å². The molecule has 0 radical (unpaired) electrons. The molecule has 1 aliphatic rings. The summed E-state index contributed by atoms with van der Waals surface area (Å²) in [5, 5.41) is 14.3. The lowest BCUT2D eigenvalue weighted by Gasteiger charge is -2.27. The molecule has 2 heterocycles. The highest BCUT2D eigenvalue weighted by Crippen LogP contribution is 2.33. The molecule has 2 aromatic heterocycles. The lowest BCUT2D eigenvalue weighted by atomic mass is 9.93. The second-order valence-corrected chi connectivity index (χ2v) is 8.24. The van der Waals surface area contributed by atoms with Gasteiger partial charge in [0.25, 0.3) is 0 Å². The van der Waals surface area contributed by atoms with E-state index in [9.17, 15) is 9.50 Å². The number of nitrogen functional groups attached to an aromatic ring is 1. The number of aliphatic hydroxyl groups is 1. The number of benzene rings is 1. The number of aliphatic hydroxyl groups excluding tert-OH is 1. The number of nitrogens with zero attached hydrogens (tertiary/aromatic N) is 2. The number of hydrogen-bond acceptors (Lipinski definition) is 7. The molecule has 9 heteroatoms. The fourth-order valence-electron chi connectivity index (χ4n) is 3.32. The van der Waals surface area contributed by atoms with Crippen LogP contribution in [-0.2, 0) is 6.61 Å². The zero-order valence-electron chi connectivity index (χ0n) is 15.0. The van der Waals surface area contributed by atoms with E-state index < -0.39 is 11.9 Å². The van der Waals surface area contributed by atoms with Gasteiger partial charge in [-0.2, -0.15) is 0 Å². The van der Waals surface area contributed by atoms with Crippen LogP contribution in [0.1, 0.15) is 31.2 Å². The van der Waals surface area contributed by atoms with E-state index in [0.29, 0.717) is 26.2 Å². The fourth-order valence-corrected chi connectivity index (χ4v) is 4.46. The van der Waals surface area contributed by atoms with E-state index in [4.69, 9.17) is 22.1 Å². The number of halogens is 2. The Balaban J connectivity index is 1.52. The van der Waals surface area contributed by atoms with Gasteiger partial charge in [0.05, 0.1) is 21.9 Å². The summed E-state index contributed by atoms with van der Waals surface area (Å²) in [5.74, 6) is 0.151. The molecule has 4 rings (SSSR count). The maximum absolute atomic E-state index is 14.5. The Morgan fingerprint density at radius 3 is 3.00 bits per heavy atom. The third kappa shape index (κ3) is 3.99. The molecular formula is C19H20ClFN4O2S. The van der Waals surface area contributed by atoms with Gasteiger partial charge in [0.1, 0.15) is 23.7 Å². The van der Waals surface area contributed by atoms with Gasteiger partial charge in [-0.25, -0.2) is 14.4 Å². The summed E-state index contributed by atoms with van der Waals surface area (Å²) in [7, 11) is 0. The van der Waals surface area contributed by atoms with Crippen LogP contribution < -0.4 is 15.8 Å². The number of pyridine rings is 1. The van der Waals surface area contributed by atoms with Gasteiger partial charge in [0.15, 0.2) is 10.9 Å². The van der Waals surface area contributed by atoms with E-state index in [2.05, 4.69) is 15.3 Å². The van der Waals surface area contributed by atoms with Gasteiger partial charge in [-0.1, -0.05) is 35.8 Å². The third-order valence-corrected chi connectivity index (χ3v) is 6.22. The van der Waals surface area contributed by atoms with Crippen LogP contribution in [0.25, 0.3) is 10.2 Å². The van der Waals surface area contributed by atoms with Crippen molar-refractivity contribution < 1.29 is 14.2 Å². The zero-order chi connectivity index (χ0) is 19.7. The van der Waals surface area contributed by atoms with Crippen molar-refractivity contribution in [2.24, 2.45) is 0 Å². The quantitative estimate of drug-likeness (QED) is 0.565. The van der Waals surface area contributed by atoms with Gasteiger partial charge >= 0.3 is 0 Å². The summed E-state index contributed by atoms with van der Waals surface area (Å²) >= 11 is 7.45. The van der Waals surface area contributed by atoms with Crippen molar-refractivity contribution in [1.29, 1.82) is 0 Å². The van der Waals surface area contributed by atoms with Crippen molar-refractivity contribution in [1.82, 2.24) is 9.97 Å². The minimum Gasteiger partial charge on any atom is -0.489 e. The predicted molar refractivity (Wildman–Crippen MR) is 109 cm³/mol. The monoisotopic (exact) mass is 422 g/mol. The van der Waals surface area contributed by atoms with E-state index in [1.165, 1.54) is 17.4 Å². The first-order valence-electron chi connectivity index (χ1n) is 9.07. The second kappa shape index (κ2) is 8.06. The van der Waals surface area contributed by atoms with Crippen molar-refractivity contribution in [3.8, 4) is 5.75 Å². The van der Waals surface area contributed by atoms with Crippen LogP contribution in [0.4, 0.5) is 15.3 Å². The van der Waals surface area contributed by atoms with Crippen molar-refractivity contribution >= 4 is 44.1 Å². The summed E-state index contributed by atoms with van der Waals surface area (Å²) in [5.41, 5.74) is 6.65. The molecule has 1 aromatic carbocycles. The van der Waals surface area contributed by atoms with Gasteiger partial charge in [0, 0.05) is 17.8 Å². The van der Waals surface area contributed by atoms with E-state index in [0.717, 1.165) is 25.7 Å². The first-order chi connectivity index (χ1) is 13.5. The van der Waals surface area contributed by atoms with E-state index in [1.807, 2.05) is 0 Å². The van der Waals surface area contributed by atoms with Crippen molar-refractivity contribution in [3.63, 3.8) is 0 Å². The number of ether oxygens (including phenoxy) is 1. The molecule has 1 fully saturated rings. The highest BCUT2D eigenvalue weighted by atomic mass is 35.5. The molecule has 0 bridgehead atoms. The van der Waals surface area contributed by atoms with Crippen molar-refractivity contribution in [3.05, 3.63) is 40.8 Å². The average molecular weight is 423 g/mol. The minimum absolute atomic E-state index is 0.0487.